The summed E-state index contributed by atoms with van der Waals surface area (Å²) in [5, 5.41) is 2.85. The number of rotatable bonds is 7. The second-order valence-electron chi connectivity index (χ2n) is 6.37. The van der Waals surface area contributed by atoms with Gasteiger partial charge in [-0.25, -0.2) is 8.42 Å². The molecule has 1 heterocycles. The molecule has 0 fully saturated rings. The fourth-order valence-electron chi connectivity index (χ4n) is 2.19. The molecule has 1 aromatic heterocycles. The second-order valence-corrected chi connectivity index (χ2v) is 8.02. The van der Waals surface area contributed by atoms with Crippen LogP contribution in [0.15, 0.2) is 47.6 Å². The van der Waals surface area contributed by atoms with E-state index in [0.29, 0.717) is 12.2 Å². The highest BCUT2D eigenvalue weighted by Crippen LogP contribution is 2.26. The minimum atomic E-state index is -4.01. The highest BCUT2D eigenvalue weighted by Gasteiger charge is 2.26. The van der Waals surface area contributed by atoms with E-state index in [0.717, 1.165) is 0 Å². The number of carbonyl (C=O) groups excluding carboxylic acids is 1. The topological polar surface area (TPSA) is 97.4 Å². The zero-order chi connectivity index (χ0) is 19.4. The van der Waals surface area contributed by atoms with Crippen molar-refractivity contribution in [2.24, 2.45) is 0 Å². The van der Waals surface area contributed by atoms with E-state index in [1.807, 2.05) is 20.8 Å². The fourth-order valence-corrected chi connectivity index (χ4v) is 3.45. The molecular formula is C18H23N3O4S. The summed E-state index contributed by atoms with van der Waals surface area (Å²) in [7, 11) is -2.58. The van der Waals surface area contributed by atoms with Crippen molar-refractivity contribution in [3.8, 4) is 5.75 Å². The van der Waals surface area contributed by atoms with Crippen molar-refractivity contribution in [1.82, 2.24) is 10.3 Å². The zero-order valence-electron chi connectivity index (χ0n) is 15.2. The molecule has 0 atom stereocenters. The highest BCUT2D eigenvalue weighted by molar-refractivity contribution is 7.92. The third-order valence-electron chi connectivity index (χ3n) is 4.00. The van der Waals surface area contributed by atoms with Crippen LogP contribution in [0, 0.1) is 0 Å². The first-order valence-corrected chi connectivity index (χ1v) is 9.61. The maximum Gasteiger partial charge on any atom is 0.262 e. The van der Waals surface area contributed by atoms with E-state index in [1.54, 1.807) is 18.2 Å². The number of sulfonamides is 1. The van der Waals surface area contributed by atoms with Crippen LogP contribution in [-0.2, 0) is 10.0 Å². The molecule has 2 aromatic rings. The van der Waals surface area contributed by atoms with Gasteiger partial charge in [-0.2, -0.15) is 0 Å². The maximum atomic E-state index is 12.9. The quantitative estimate of drug-likeness (QED) is 0.773. The van der Waals surface area contributed by atoms with Crippen LogP contribution in [0.5, 0.6) is 5.75 Å². The van der Waals surface area contributed by atoms with Crippen molar-refractivity contribution < 1.29 is 17.9 Å². The Balaban J connectivity index is 2.40. The Kier molecular flexibility index (Phi) is 5.86. The maximum absolute atomic E-state index is 12.9. The Hall–Kier alpha value is -2.61. The summed E-state index contributed by atoms with van der Waals surface area (Å²) in [6.45, 7) is 5.70. The van der Waals surface area contributed by atoms with E-state index in [2.05, 4.69) is 15.0 Å². The number of amides is 1. The molecule has 0 bridgehead atoms. The first-order chi connectivity index (χ1) is 12.2. The van der Waals surface area contributed by atoms with Gasteiger partial charge in [0.15, 0.2) is 0 Å². The molecule has 1 aromatic carbocycles. The van der Waals surface area contributed by atoms with Gasteiger partial charge in [0, 0.05) is 17.8 Å². The van der Waals surface area contributed by atoms with Crippen LogP contribution in [0.2, 0.25) is 0 Å². The smallest absolute Gasteiger partial charge is 0.262 e. The number of carbonyl (C=O) groups is 1. The molecule has 0 aliphatic heterocycles. The summed E-state index contributed by atoms with van der Waals surface area (Å²) in [5.41, 5.74) is -0.183. The van der Waals surface area contributed by atoms with Crippen LogP contribution in [0.4, 0.5) is 5.69 Å². The lowest BCUT2D eigenvalue weighted by molar-refractivity contribution is 0.0908. The number of nitrogens with zero attached hydrogens (tertiary/aromatic N) is 1. The van der Waals surface area contributed by atoms with E-state index in [4.69, 9.17) is 4.74 Å². The van der Waals surface area contributed by atoms with E-state index >= 15 is 0 Å². The molecule has 0 radical (unpaired) electrons. The minimum absolute atomic E-state index is 0.0735. The van der Waals surface area contributed by atoms with Gasteiger partial charge in [0.25, 0.3) is 15.9 Å². The lowest BCUT2D eigenvalue weighted by Gasteiger charge is -2.25. The SMILES string of the molecule is CCC(C)(C)NC(=O)c1ccccc1S(=O)(=O)Nc1cnccc1OC. The summed E-state index contributed by atoms with van der Waals surface area (Å²) in [6.07, 6.45) is 3.54. The second kappa shape index (κ2) is 7.74. The number of ether oxygens (including phenoxy) is 1. The predicted molar refractivity (Wildman–Crippen MR) is 99.9 cm³/mol. The third-order valence-corrected chi connectivity index (χ3v) is 5.43. The molecule has 0 unspecified atom stereocenters. The lowest BCUT2D eigenvalue weighted by Crippen LogP contribution is -2.43. The number of hydrogen-bond donors (Lipinski definition) is 2. The Labute approximate surface area is 153 Å². The first kappa shape index (κ1) is 19.7. The van der Waals surface area contributed by atoms with Crippen LogP contribution in [0.3, 0.4) is 0 Å². The van der Waals surface area contributed by atoms with Gasteiger partial charge in [-0.05, 0) is 32.4 Å². The van der Waals surface area contributed by atoms with Crippen molar-refractivity contribution in [2.45, 2.75) is 37.6 Å². The van der Waals surface area contributed by atoms with Crippen molar-refractivity contribution in [3.63, 3.8) is 0 Å². The Bertz CT molecular complexity index is 895. The number of hydrogen-bond acceptors (Lipinski definition) is 5. The lowest BCUT2D eigenvalue weighted by atomic mass is 10.0. The molecule has 2 N–H and O–H groups in total. The van der Waals surface area contributed by atoms with Gasteiger partial charge in [0.2, 0.25) is 0 Å². The average Bonchev–Trinajstić information content (AvgIpc) is 2.61. The fraction of sp³-hybridized carbons (Fsp3) is 0.333. The van der Waals surface area contributed by atoms with E-state index in [-0.39, 0.29) is 16.1 Å². The molecule has 0 aliphatic rings. The predicted octanol–water partition coefficient (Wildman–Crippen LogP) is 2.81. The van der Waals surface area contributed by atoms with Crippen molar-refractivity contribution in [2.75, 3.05) is 11.8 Å². The number of nitrogens with one attached hydrogen (secondary N) is 2. The molecule has 26 heavy (non-hydrogen) atoms. The summed E-state index contributed by atoms with van der Waals surface area (Å²) in [5.74, 6) is -0.117. The van der Waals surface area contributed by atoms with Crippen LogP contribution in [0.1, 0.15) is 37.6 Å². The van der Waals surface area contributed by atoms with Crippen LogP contribution in [0.25, 0.3) is 0 Å². The monoisotopic (exact) mass is 377 g/mol. The number of anilines is 1. The third kappa shape index (κ3) is 4.51. The summed E-state index contributed by atoms with van der Waals surface area (Å²) < 4.78 is 33.3. The molecule has 2 rings (SSSR count). The first-order valence-electron chi connectivity index (χ1n) is 8.12. The molecule has 0 spiro atoms. The number of aromatic nitrogens is 1. The zero-order valence-corrected chi connectivity index (χ0v) is 16.1. The largest absolute Gasteiger partial charge is 0.494 e. The van der Waals surface area contributed by atoms with E-state index in [9.17, 15) is 13.2 Å². The van der Waals surface area contributed by atoms with Crippen LogP contribution < -0.4 is 14.8 Å². The van der Waals surface area contributed by atoms with Gasteiger partial charge in [0.1, 0.15) is 16.3 Å². The Morgan fingerprint density at radius 1 is 1.23 bits per heavy atom. The Morgan fingerprint density at radius 2 is 1.92 bits per heavy atom. The Morgan fingerprint density at radius 3 is 2.58 bits per heavy atom. The highest BCUT2D eigenvalue weighted by atomic mass is 32.2. The summed E-state index contributed by atoms with van der Waals surface area (Å²) >= 11 is 0. The normalized spacial score (nSPS) is 11.7. The van der Waals surface area contributed by atoms with Gasteiger partial charge >= 0.3 is 0 Å². The van der Waals surface area contributed by atoms with Gasteiger partial charge in [-0.1, -0.05) is 19.1 Å². The minimum Gasteiger partial charge on any atom is -0.494 e. The standard InChI is InChI=1S/C18H23N3O4S/c1-5-18(2,3)20-17(22)13-8-6-7-9-16(13)26(23,24)21-14-12-19-11-10-15(14)25-4/h6-12,21H,5H2,1-4H3,(H,20,22). The van der Waals surface area contributed by atoms with Gasteiger partial charge in [0.05, 0.1) is 18.9 Å². The van der Waals surface area contributed by atoms with Crippen molar-refractivity contribution >= 4 is 21.6 Å². The number of methoxy groups -OCH3 is 1. The van der Waals surface area contributed by atoms with Gasteiger partial charge < -0.3 is 10.1 Å². The van der Waals surface area contributed by atoms with Gasteiger partial charge in [-0.15, -0.1) is 0 Å². The summed E-state index contributed by atoms with van der Waals surface area (Å²) in [4.78, 5) is 16.4. The van der Waals surface area contributed by atoms with Crippen molar-refractivity contribution in [1.29, 1.82) is 0 Å². The summed E-state index contributed by atoms with van der Waals surface area (Å²) in [6, 6.07) is 7.60. The molecule has 0 saturated heterocycles. The molecule has 0 saturated carbocycles. The molecule has 0 aliphatic carbocycles. The molecule has 7 nitrogen and oxygen atoms in total. The number of pyridine rings is 1. The van der Waals surface area contributed by atoms with E-state index < -0.39 is 21.5 Å². The van der Waals surface area contributed by atoms with Crippen LogP contribution >= 0.6 is 0 Å². The van der Waals surface area contributed by atoms with Gasteiger partial charge in [-0.3, -0.25) is 14.5 Å². The molecule has 140 valence electrons. The number of benzene rings is 1. The molecule has 1 amide bonds. The van der Waals surface area contributed by atoms with E-state index in [1.165, 1.54) is 31.6 Å². The van der Waals surface area contributed by atoms with Crippen molar-refractivity contribution in [3.05, 3.63) is 48.3 Å². The average molecular weight is 377 g/mol. The molecular weight excluding hydrogens is 354 g/mol. The molecule has 8 heteroatoms. The van der Waals surface area contributed by atoms with Crippen LogP contribution in [-0.4, -0.2) is 32.0 Å².